The van der Waals surface area contributed by atoms with E-state index < -0.39 is 22.0 Å². The molecule has 24 heavy (non-hydrogen) atoms. The van der Waals surface area contributed by atoms with Crippen LogP contribution in [0.2, 0.25) is 0 Å². The van der Waals surface area contributed by atoms with Gasteiger partial charge in [0.1, 0.15) is 6.04 Å². The summed E-state index contributed by atoms with van der Waals surface area (Å²) in [5.41, 5.74) is 1.91. The fraction of sp³-hybridized carbons (Fsp3) is 0.500. The Bertz CT molecular complexity index is 760. The Hall–Kier alpha value is -1.93. The number of carbonyl (C=O) groups excluding carboxylic acids is 1. The van der Waals surface area contributed by atoms with E-state index in [-0.39, 0.29) is 10.8 Å². The quantitative estimate of drug-likeness (QED) is 0.860. The molecular weight excluding hydrogens is 332 g/mol. The SMILES string of the molecule is CC(=O)N1CCc2ccc(S(=O)(=O)N(C)C(C)C(=O)O)cc2CC1. The van der Waals surface area contributed by atoms with Crippen LogP contribution in [0.25, 0.3) is 0 Å². The number of carbonyl (C=O) groups is 2. The topological polar surface area (TPSA) is 95.0 Å². The number of amides is 1. The molecule has 0 saturated carbocycles. The molecule has 1 amide bonds. The van der Waals surface area contributed by atoms with Crippen LogP contribution in [0.4, 0.5) is 0 Å². The lowest BCUT2D eigenvalue weighted by Gasteiger charge is -2.21. The number of hydrogen-bond acceptors (Lipinski definition) is 4. The van der Waals surface area contributed by atoms with E-state index in [0.717, 1.165) is 15.4 Å². The summed E-state index contributed by atoms with van der Waals surface area (Å²) < 4.78 is 26.1. The monoisotopic (exact) mass is 354 g/mol. The zero-order chi connectivity index (χ0) is 18.1. The molecule has 0 aliphatic carbocycles. The molecule has 1 aliphatic rings. The van der Waals surface area contributed by atoms with Gasteiger partial charge in [0.2, 0.25) is 15.9 Å². The maximum absolute atomic E-state index is 12.6. The third kappa shape index (κ3) is 3.59. The minimum Gasteiger partial charge on any atom is -0.480 e. The molecule has 1 heterocycles. The van der Waals surface area contributed by atoms with Crippen LogP contribution in [0.1, 0.15) is 25.0 Å². The number of nitrogens with zero attached hydrogens (tertiary/aromatic N) is 2. The number of carboxylic acid groups (broad SMARTS) is 1. The summed E-state index contributed by atoms with van der Waals surface area (Å²) in [6.07, 6.45) is 1.26. The molecule has 1 atom stereocenters. The lowest BCUT2D eigenvalue weighted by Crippen LogP contribution is -2.40. The molecule has 1 aromatic carbocycles. The van der Waals surface area contributed by atoms with E-state index in [2.05, 4.69) is 0 Å². The average Bonchev–Trinajstić information content (AvgIpc) is 2.75. The summed E-state index contributed by atoms with van der Waals surface area (Å²) in [6.45, 7) is 4.01. The molecule has 0 radical (unpaired) electrons. The summed E-state index contributed by atoms with van der Waals surface area (Å²) >= 11 is 0. The Morgan fingerprint density at radius 3 is 2.33 bits per heavy atom. The molecule has 1 aromatic rings. The van der Waals surface area contributed by atoms with E-state index in [0.29, 0.717) is 25.9 Å². The van der Waals surface area contributed by atoms with Crippen molar-refractivity contribution in [2.45, 2.75) is 37.6 Å². The molecule has 1 unspecified atom stereocenters. The summed E-state index contributed by atoms with van der Waals surface area (Å²) in [5, 5.41) is 9.03. The van der Waals surface area contributed by atoms with E-state index in [9.17, 15) is 18.0 Å². The molecule has 1 N–H and O–H groups in total. The summed E-state index contributed by atoms with van der Waals surface area (Å²) in [5.74, 6) is -1.20. The van der Waals surface area contributed by atoms with E-state index in [1.165, 1.54) is 27.0 Å². The van der Waals surface area contributed by atoms with Gasteiger partial charge in [0.05, 0.1) is 4.90 Å². The van der Waals surface area contributed by atoms with Gasteiger partial charge in [-0.2, -0.15) is 4.31 Å². The number of benzene rings is 1. The van der Waals surface area contributed by atoms with Crippen molar-refractivity contribution in [1.29, 1.82) is 0 Å². The first kappa shape index (κ1) is 18.4. The molecule has 0 bridgehead atoms. The number of hydrogen-bond donors (Lipinski definition) is 1. The lowest BCUT2D eigenvalue weighted by atomic mass is 10.0. The molecule has 7 nitrogen and oxygen atoms in total. The number of likely N-dealkylation sites (N-methyl/N-ethyl adjacent to an activating group) is 1. The third-order valence-electron chi connectivity index (χ3n) is 4.50. The maximum atomic E-state index is 12.6. The van der Waals surface area contributed by atoms with Gasteiger partial charge in [-0.3, -0.25) is 9.59 Å². The number of fused-ring (bicyclic) bond motifs is 1. The van der Waals surface area contributed by atoms with Crippen LogP contribution in [0.15, 0.2) is 23.1 Å². The second kappa shape index (κ2) is 6.90. The molecule has 0 aromatic heterocycles. The van der Waals surface area contributed by atoms with Crippen molar-refractivity contribution in [2.75, 3.05) is 20.1 Å². The van der Waals surface area contributed by atoms with E-state index in [1.807, 2.05) is 0 Å². The number of aliphatic carboxylic acids is 1. The Labute approximate surface area is 141 Å². The Morgan fingerprint density at radius 2 is 1.79 bits per heavy atom. The van der Waals surface area contributed by atoms with Gasteiger partial charge in [0.25, 0.3) is 0 Å². The van der Waals surface area contributed by atoms with Gasteiger partial charge in [-0.25, -0.2) is 8.42 Å². The van der Waals surface area contributed by atoms with Crippen LogP contribution in [0.5, 0.6) is 0 Å². The van der Waals surface area contributed by atoms with E-state index in [1.54, 1.807) is 17.0 Å². The van der Waals surface area contributed by atoms with Crippen molar-refractivity contribution < 1.29 is 23.1 Å². The van der Waals surface area contributed by atoms with Crippen molar-refractivity contribution in [1.82, 2.24) is 9.21 Å². The Balaban J connectivity index is 2.32. The first-order valence-electron chi connectivity index (χ1n) is 7.72. The molecule has 1 aliphatic heterocycles. The highest BCUT2D eigenvalue weighted by Crippen LogP contribution is 2.23. The molecule has 132 valence electrons. The van der Waals surface area contributed by atoms with Gasteiger partial charge in [0, 0.05) is 27.1 Å². The van der Waals surface area contributed by atoms with Crippen LogP contribution < -0.4 is 0 Å². The van der Waals surface area contributed by atoms with Crippen LogP contribution in [-0.4, -0.2) is 60.8 Å². The molecule has 0 spiro atoms. The third-order valence-corrected chi connectivity index (χ3v) is 6.43. The average molecular weight is 354 g/mol. The van der Waals surface area contributed by atoms with Crippen molar-refractivity contribution in [3.63, 3.8) is 0 Å². The minimum atomic E-state index is -3.89. The fourth-order valence-electron chi connectivity index (χ4n) is 2.71. The zero-order valence-corrected chi connectivity index (χ0v) is 14.8. The molecular formula is C16H22N2O5S. The van der Waals surface area contributed by atoms with Gasteiger partial charge in [0.15, 0.2) is 0 Å². The lowest BCUT2D eigenvalue weighted by molar-refractivity contribution is -0.140. The summed E-state index contributed by atoms with van der Waals surface area (Å²) in [6, 6.07) is 3.70. The maximum Gasteiger partial charge on any atom is 0.321 e. The van der Waals surface area contributed by atoms with Crippen LogP contribution in [0, 0.1) is 0 Å². The predicted octanol–water partition coefficient (Wildman–Crippen LogP) is 0.727. The van der Waals surface area contributed by atoms with E-state index in [4.69, 9.17) is 5.11 Å². The normalized spacial score (nSPS) is 16.4. The standard InChI is InChI=1S/C16H22N2O5S/c1-11(16(20)21)17(3)24(22,23)15-5-4-13-6-8-18(12(2)19)9-7-14(13)10-15/h4-5,10-11H,6-9H2,1-3H3,(H,20,21). The first-order valence-corrected chi connectivity index (χ1v) is 9.16. The largest absolute Gasteiger partial charge is 0.480 e. The van der Waals surface area contributed by atoms with Crippen molar-refractivity contribution in [3.05, 3.63) is 29.3 Å². The molecule has 0 saturated heterocycles. The zero-order valence-electron chi connectivity index (χ0n) is 14.0. The first-order chi connectivity index (χ1) is 11.1. The second-order valence-electron chi connectivity index (χ2n) is 5.97. The highest BCUT2D eigenvalue weighted by Gasteiger charge is 2.30. The highest BCUT2D eigenvalue weighted by atomic mass is 32.2. The summed E-state index contributed by atoms with van der Waals surface area (Å²) in [7, 11) is -2.63. The van der Waals surface area contributed by atoms with Crippen LogP contribution in [0.3, 0.4) is 0 Å². The minimum absolute atomic E-state index is 0.00525. The second-order valence-corrected chi connectivity index (χ2v) is 7.97. The smallest absolute Gasteiger partial charge is 0.321 e. The molecule has 8 heteroatoms. The predicted molar refractivity (Wildman–Crippen MR) is 88.2 cm³/mol. The van der Waals surface area contributed by atoms with Crippen molar-refractivity contribution in [3.8, 4) is 0 Å². The van der Waals surface area contributed by atoms with Gasteiger partial charge in [-0.1, -0.05) is 6.07 Å². The van der Waals surface area contributed by atoms with Gasteiger partial charge < -0.3 is 10.0 Å². The van der Waals surface area contributed by atoms with Crippen LogP contribution >= 0.6 is 0 Å². The van der Waals surface area contributed by atoms with Gasteiger partial charge in [-0.15, -0.1) is 0 Å². The number of carboxylic acids is 1. The van der Waals surface area contributed by atoms with Gasteiger partial charge in [-0.05, 0) is 43.0 Å². The van der Waals surface area contributed by atoms with Crippen LogP contribution in [-0.2, 0) is 32.5 Å². The highest BCUT2D eigenvalue weighted by molar-refractivity contribution is 7.89. The van der Waals surface area contributed by atoms with Gasteiger partial charge >= 0.3 is 5.97 Å². The Morgan fingerprint density at radius 1 is 1.21 bits per heavy atom. The fourth-order valence-corrected chi connectivity index (χ4v) is 4.08. The molecule has 2 rings (SSSR count). The number of sulfonamides is 1. The molecule has 0 fully saturated rings. The van der Waals surface area contributed by atoms with Crippen molar-refractivity contribution in [2.24, 2.45) is 0 Å². The van der Waals surface area contributed by atoms with E-state index >= 15 is 0 Å². The number of rotatable bonds is 4. The van der Waals surface area contributed by atoms with Crippen molar-refractivity contribution >= 4 is 21.9 Å². The summed E-state index contributed by atoms with van der Waals surface area (Å²) in [4.78, 5) is 24.4. The Kier molecular flexibility index (Phi) is 5.29.